The van der Waals surface area contributed by atoms with Gasteiger partial charge < -0.3 is 155 Å². The van der Waals surface area contributed by atoms with E-state index in [2.05, 4.69) is 76.1 Å². The minimum atomic E-state index is 0. The molecule has 145 heavy (non-hydrogen) atoms. The van der Waals surface area contributed by atoms with Gasteiger partial charge in [-0.05, 0) is 104 Å². The number of nitrogens with one attached hydrogen (secondary N) is 3. The lowest BCUT2D eigenvalue weighted by atomic mass is 9.94. The number of azide groups is 6. The van der Waals surface area contributed by atoms with Gasteiger partial charge in [0.2, 0.25) is 11.8 Å². The fourth-order valence-electron chi connectivity index (χ4n) is 11.0. The fourth-order valence-corrected chi connectivity index (χ4v) is 12.9. The number of aliphatic hydroxyl groups is 4. The zero-order valence-electron chi connectivity index (χ0n) is 85.0. The third-order valence-electron chi connectivity index (χ3n) is 17.9. The number of rotatable bonds is 107. The maximum atomic E-state index is 13.1. The van der Waals surface area contributed by atoms with Crippen molar-refractivity contribution in [2.45, 2.75) is 109 Å². The summed E-state index contributed by atoms with van der Waals surface area (Å²) in [4.78, 5) is 42.4. The number of hydrogen-bond donors (Lipinski definition) is 7. The van der Waals surface area contributed by atoms with Gasteiger partial charge in [-0.2, -0.15) is 11.8 Å². The van der Waals surface area contributed by atoms with E-state index in [1.54, 1.807) is 4.90 Å². The molecular formula is C88H178Cl4N22O30S. The van der Waals surface area contributed by atoms with E-state index in [1.165, 1.54) is 0 Å². The van der Waals surface area contributed by atoms with E-state index in [9.17, 15) is 9.59 Å². The Hall–Kier alpha value is -4.89. The number of aliphatic hydroxyl groups excluding tert-OH is 4. The number of unbranched alkanes of at least 4 members (excludes halogenated alkanes) is 7. The molecule has 0 aromatic rings. The molecule has 0 saturated carbocycles. The van der Waals surface area contributed by atoms with Crippen molar-refractivity contribution in [3.05, 3.63) is 62.7 Å². The Morgan fingerprint density at radius 1 is 0.317 bits per heavy atom. The van der Waals surface area contributed by atoms with Crippen molar-refractivity contribution in [3.8, 4) is 0 Å². The third-order valence-corrected chi connectivity index (χ3v) is 19.8. The SMILES string of the molecule is C.ClCCOCCOCCOCCCCCOCCOCCOCCCl.ClCCl.OCCCCCO.OCCNCCO.[N-]=[N+]=NCCOCCOCCOCCCCCOCCOCCOCCN=[N+]=[N-].[N-]=[N+]=NCCOCCOCCOCCN(CCOCCOCCOCCN=[N+]=[N-])C(=O)CCCC[C@@H]1SCC2NC(=O)CC21.[N-]=[N+]=NCCOCCOCCOCCNCCOCCOCCOCCN=[N+]=[N-]. The van der Waals surface area contributed by atoms with Crippen LogP contribution in [0.3, 0.4) is 0 Å². The van der Waals surface area contributed by atoms with Gasteiger partial charge in [0.25, 0.3) is 0 Å². The second-order valence-corrected chi connectivity index (χ2v) is 31.9. The van der Waals surface area contributed by atoms with Gasteiger partial charge in [0.15, 0.2) is 0 Å². The molecule has 0 aromatic carbocycles. The number of carbonyl (C=O) groups excluding carboxylic acids is 2. The van der Waals surface area contributed by atoms with Gasteiger partial charge in [-0.1, -0.05) is 44.5 Å². The minimum Gasteiger partial charge on any atom is -0.396 e. The predicted octanol–water partition coefficient (Wildman–Crippen LogP) is 10.4. The number of fused-ring (bicyclic) bond motifs is 1. The first-order valence-electron chi connectivity index (χ1n) is 49.3. The van der Waals surface area contributed by atoms with Gasteiger partial charge in [-0.15, -0.1) is 46.4 Å². The van der Waals surface area contributed by atoms with E-state index < -0.39 is 0 Å². The van der Waals surface area contributed by atoms with Gasteiger partial charge in [0.1, 0.15) is 0 Å². The number of halogens is 4. The number of ether oxygens (including phenoxy) is 24. The zero-order valence-corrected chi connectivity index (χ0v) is 88.9. The Bertz CT molecular complexity index is 2650. The molecular weight excluding hydrogens is 2020 g/mol. The topological polar surface area (TPSA) is 668 Å². The number of nitrogens with zero attached hydrogens (tertiary/aromatic N) is 19. The monoisotopic (exact) mass is 2200 g/mol. The molecule has 7 N–H and O–H groups in total. The van der Waals surface area contributed by atoms with E-state index >= 15 is 0 Å². The van der Waals surface area contributed by atoms with Crippen LogP contribution in [0, 0.1) is 5.92 Å². The van der Waals surface area contributed by atoms with Crippen molar-refractivity contribution in [3.63, 3.8) is 0 Å². The smallest absolute Gasteiger partial charge is 0.222 e. The summed E-state index contributed by atoms with van der Waals surface area (Å²) < 4.78 is 129. The quantitative estimate of drug-likeness (QED) is 0.00978. The number of hydrogen-bond acceptors (Lipinski definition) is 39. The van der Waals surface area contributed by atoms with Gasteiger partial charge >= 0.3 is 0 Å². The second kappa shape index (κ2) is 145. The van der Waals surface area contributed by atoms with Crippen LogP contribution in [0.1, 0.15) is 97.3 Å². The first-order valence-corrected chi connectivity index (χ1v) is 52.5. The van der Waals surface area contributed by atoms with Crippen LogP contribution in [-0.4, -0.2) is 493 Å². The number of alkyl halides is 4. The lowest BCUT2D eigenvalue weighted by Crippen LogP contribution is -2.37. The molecule has 2 fully saturated rings. The standard InChI is InChI=1S/C27H48N8O8S.C17H34Cl2O6.C17H34N6O6.C16H33N7O6.C5H12O2.C4H11NO2.CH2Cl2.CH4/c28-33-30-5-9-38-13-17-42-19-15-40-11-7-35(8-12-41-16-20-43-18-14-39-10-6-31-34-29)27(37)4-2-1-3-25-23-21-26(36)32-24(23)22-44-25;18-4-8-22-12-16-24-14-10-20-6-2-1-3-7-21-11-15-25-17-13-23-9-5-19;18-22-20-4-8-26-12-16-28-14-10-24-6-2-1-3-7-25-11-15-29-17-13-27-9-5-21-23-19;17-22-20-3-7-26-11-15-28-13-9-24-5-1-19-2-6-25-10-14-29-16-12-27-8-4-21-23-18;6-4-2-1-3-5-7;6-3-1-5-2-4-7;2-1-3;/h23-25H,1-22H2,(H,32,36);1-17H2;1-17H2;19H,1-16H2;6-7H,1-5H2;5-7H,1-4H2;1H2;1H4/t23?,24?,25-;;;;;;;/m0......./s1. The molecule has 0 spiro atoms. The molecule has 0 radical (unpaired) electrons. The highest BCUT2D eigenvalue weighted by Gasteiger charge is 2.42. The van der Waals surface area contributed by atoms with Crippen LogP contribution in [0.25, 0.3) is 62.7 Å². The predicted molar refractivity (Wildman–Crippen MR) is 555 cm³/mol. The van der Waals surface area contributed by atoms with Crippen molar-refractivity contribution in [1.82, 2.24) is 20.9 Å². The first kappa shape index (κ1) is 151. The average molecular weight is 2200 g/mol. The summed E-state index contributed by atoms with van der Waals surface area (Å²) in [6, 6.07) is 0.317. The second-order valence-electron chi connectivity index (χ2n) is 29.0. The molecule has 0 bridgehead atoms. The summed E-state index contributed by atoms with van der Waals surface area (Å²) >= 11 is 22.4. The highest BCUT2D eigenvalue weighted by molar-refractivity contribution is 8.00. The summed E-state index contributed by atoms with van der Waals surface area (Å²) in [7, 11) is 0. The zero-order chi connectivity index (χ0) is 106. The molecule has 3 atom stereocenters. The molecule has 2 aliphatic heterocycles. The Morgan fingerprint density at radius 2 is 0.552 bits per heavy atom. The summed E-state index contributed by atoms with van der Waals surface area (Å²) in [5, 5.41) is 62.7. The molecule has 0 aliphatic carbocycles. The molecule has 2 saturated heterocycles. The van der Waals surface area contributed by atoms with Gasteiger partial charge in [-0.25, -0.2) is 0 Å². The van der Waals surface area contributed by atoms with Crippen LogP contribution in [0.15, 0.2) is 30.7 Å². The Labute approximate surface area is 882 Å². The average Bonchev–Trinajstić information content (AvgIpc) is 1.67. The minimum absolute atomic E-state index is 0. The molecule has 2 aliphatic rings. The van der Waals surface area contributed by atoms with Crippen LogP contribution in [0.5, 0.6) is 0 Å². The van der Waals surface area contributed by atoms with Crippen LogP contribution < -0.4 is 16.0 Å². The summed E-state index contributed by atoms with van der Waals surface area (Å²) in [6.45, 7) is 31.1. The van der Waals surface area contributed by atoms with Crippen molar-refractivity contribution in [2.24, 2.45) is 36.6 Å². The van der Waals surface area contributed by atoms with Crippen molar-refractivity contribution in [1.29, 1.82) is 0 Å². The molecule has 0 aromatic heterocycles. The Balaban J connectivity index is -0.000000427. The molecule has 2 unspecified atom stereocenters. The van der Waals surface area contributed by atoms with E-state index in [0.717, 1.165) is 122 Å². The van der Waals surface area contributed by atoms with Crippen molar-refractivity contribution in [2.75, 3.05) is 445 Å². The molecule has 57 heteroatoms. The van der Waals surface area contributed by atoms with E-state index in [0.29, 0.717) is 398 Å². The van der Waals surface area contributed by atoms with Crippen LogP contribution in [0.4, 0.5) is 0 Å². The molecule has 52 nitrogen and oxygen atoms in total. The highest BCUT2D eigenvalue weighted by atomic mass is 35.5. The fraction of sp³-hybridized carbons (Fsp3) is 0.977. The maximum absolute atomic E-state index is 13.1. The number of carbonyl (C=O) groups is 2. The number of thioether (sulfide) groups is 1. The first-order chi connectivity index (χ1) is 71.1. The largest absolute Gasteiger partial charge is 0.396 e. The maximum Gasteiger partial charge on any atom is 0.222 e. The summed E-state index contributed by atoms with van der Waals surface area (Å²) in [6.07, 6.45) is 12.7. The molecule has 2 heterocycles. The van der Waals surface area contributed by atoms with Crippen molar-refractivity contribution < 1.29 is 144 Å². The van der Waals surface area contributed by atoms with Crippen LogP contribution >= 0.6 is 58.2 Å². The van der Waals surface area contributed by atoms with Crippen LogP contribution in [-0.2, 0) is 123 Å². The van der Waals surface area contributed by atoms with Crippen LogP contribution in [0.2, 0.25) is 0 Å². The molecule has 2 rings (SSSR count). The normalized spacial score (nSPS) is 12.9. The summed E-state index contributed by atoms with van der Waals surface area (Å²) in [5.41, 5.74) is 48.8. The highest BCUT2D eigenvalue weighted by Crippen LogP contribution is 2.40. The van der Waals surface area contributed by atoms with Gasteiger partial charge in [-0.3, -0.25) is 9.59 Å². The lowest BCUT2D eigenvalue weighted by Gasteiger charge is -2.23. The Kier molecular flexibility index (Phi) is 151. The molecule has 2 amide bonds. The van der Waals surface area contributed by atoms with Crippen molar-refractivity contribution >= 4 is 70.0 Å². The summed E-state index contributed by atoms with van der Waals surface area (Å²) in [5.74, 6) is 2.70. The number of amides is 2. The van der Waals surface area contributed by atoms with E-state index in [4.69, 9.17) is 214 Å². The lowest BCUT2D eigenvalue weighted by molar-refractivity contribution is -0.133. The molecule has 854 valence electrons. The third kappa shape index (κ3) is 139. The Morgan fingerprint density at radius 3 is 0.807 bits per heavy atom. The van der Waals surface area contributed by atoms with E-state index in [-0.39, 0.29) is 51.0 Å². The van der Waals surface area contributed by atoms with Gasteiger partial charge in [0, 0.05) is 195 Å². The van der Waals surface area contributed by atoms with Gasteiger partial charge in [0.05, 0.1) is 309 Å². The van der Waals surface area contributed by atoms with E-state index in [1.807, 2.05) is 11.8 Å².